The molecule has 3 rings (SSSR count). The Balaban J connectivity index is 1.38. The lowest BCUT2D eigenvalue weighted by Gasteiger charge is -2.17. The molecule has 2 amide bonds. The molecule has 1 atom stereocenters. The van der Waals surface area contributed by atoms with E-state index in [0.29, 0.717) is 40.9 Å². The Morgan fingerprint density at radius 3 is 2.77 bits per heavy atom. The molecule has 0 saturated carbocycles. The normalized spacial score (nSPS) is 16.1. The summed E-state index contributed by atoms with van der Waals surface area (Å²) in [5.41, 5.74) is 7.35. The van der Waals surface area contributed by atoms with Crippen LogP contribution in [0.25, 0.3) is 0 Å². The first-order chi connectivity index (χ1) is 15.0. The highest BCUT2D eigenvalue weighted by atomic mass is 35.5. The highest BCUT2D eigenvalue weighted by Gasteiger charge is 2.23. The number of nitrogens with one attached hydrogen (secondary N) is 2. The fourth-order valence-corrected chi connectivity index (χ4v) is 3.90. The molecule has 2 aromatic carbocycles. The number of nitrogens with two attached hydrogens (primary N) is 1. The van der Waals surface area contributed by atoms with Crippen LogP contribution in [0.5, 0.6) is 5.75 Å². The number of halogens is 1. The second-order valence-corrected chi connectivity index (χ2v) is 8.16. The molecule has 8 heteroatoms. The Morgan fingerprint density at radius 2 is 2.03 bits per heavy atom. The highest BCUT2D eigenvalue weighted by Crippen LogP contribution is 2.29. The van der Waals surface area contributed by atoms with E-state index in [2.05, 4.69) is 15.5 Å². The summed E-state index contributed by atoms with van der Waals surface area (Å²) in [6.45, 7) is 3.32. The summed E-state index contributed by atoms with van der Waals surface area (Å²) in [7, 11) is 1.49. The molecular formula is C23H29ClN4O3. The molecule has 31 heavy (non-hydrogen) atoms. The number of hydrogen-bond donors (Lipinski definition) is 3. The molecule has 7 nitrogen and oxygen atoms in total. The molecule has 0 spiro atoms. The number of nitrogens with zero attached hydrogens (tertiary/aromatic N) is 1. The molecule has 1 aliphatic heterocycles. The first-order valence-corrected chi connectivity index (χ1v) is 10.8. The van der Waals surface area contributed by atoms with E-state index in [-0.39, 0.29) is 11.8 Å². The van der Waals surface area contributed by atoms with Crippen LogP contribution in [0.3, 0.4) is 0 Å². The summed E-state index contributed by atoms with van der Waals surface area (Å²) >= 11 is 6.05. The van der Waals surface area contributed by atoms with Gasteiger partial charge in [-0.15, -0.1) is 0 Å². The summed E-state index contributed by atoms with van der Waals surface area (Å²) in [5, 5.41) is 6.21. The molecule has 0 aliphatic carbocycles. The zero-order chi connectivity index (χ0) is 22.2. The van der Waals surface area contributed by atoms with Gasteiger partial charge in [-0.1, -0.05) is 29.8 Å². The fourth-order valence-electron chi connectivity index (χ4n) is 3.74. The molecule has 2 aromatic rings. The van der Waals surface area contributed by atoms with Crippen molar-refractivity contribution in [2.45, 2.75) is 19.3 Å². The SMILES string of the molecule is COc1cc(N)c(Cl)cc1C(=O)NCC1CCN(CCCC(=O)Nc2ccccc2)C1. The number of anilines is 2. The quantitative estimate of drug-likeness (QED) is 0.515. The number of carbonyl (C=O) groups is 2. The number of ether oxygens (including phenoxy) is 1. The van der Waals surface area contributed by atoms with Crippen LogP contribution in [0.2, 0.25) is 5.02 Å². The molecule has 0 aromatic heterocycles. The van der Waals surface area contributed by atoms with Crippen LogP contribution in [-0.2, 0) is 4.79 Å². The minimum atomic E-state index is -0.227. The maximum Gasteiger partial charge on any atom is 0.255 e. The summed E-state index contributed by atoms with van der Waals surface area (Å²) in [6, 6.07) is 12.6. The van der Waals surface area contributed by atoms with Gasteiger partial charge in [0.2, 0.25) is 5.91 Å². The van der Waals surface area contributed by atoms with Crippen molar-refractivity contribution in [2.24, 2.45) is 5.92 Å². The van der Waals surface area contributed by atoms with Crippen molar-refractivity contribution in [1.82, 2.24) is 10.2 Å². The van der Waals surface area contributed by atoms with Crippen LogP contribution in [0, 0.1) is 5.92 Å². The van der Waals surface area contributed by atoms with Gasteiger partial charge in [0.05, 0.1) is 23.4 Å². The standard InChI is InChI=1S/C23H29ClN4O3/c1-31-21-13-20(25)19(24)12-18(21)23(30)26-14-16-9-11-28(15-16)10-5-8-22(29)27-17-6-3-2-4-7-17/h2-4,6-7,12-13,16H,5,8-11,14-15,25H2,1H3,(H,26,30)(H,27,29). The van der Waals surface area contributed by atoms with E-state index in [1.54, 1.807) is 6.07 Å². The number of hydrogen-bond acceptors (Lipinski definition) is 5. The average Bonchev–Trinajstić information content (AvgIpc) is 3.22. The van der Waals surface area contributed by atoms with E-state index in [1.165, 1.54) is 13.2 Å². The van der Waals surface area contributed by atoms with Gasteiger partial charge in [0.15, 0.2) is 0 Å². The molecule has 1 heterocycles. The summed E-state index contributed by atoms with van der Waals surface area (Å²) < 4.78 is 5.25. The van der Waals surface area contributed by atoms with Crippen molar-refractivity contribution in [1.29, 1.82) is 0 Å². The minimum absolute atomic E-state index is 0.0327. The van der Waals surface area contributed by atoms with Gasteiger partial charge >= 0.3 is 0 Å². The molecule has 1 aliphatic rings. The third-order valence-electron chi connectivity index (χ3n) is 5.42. The summed E-state index contributed by atoms with van der Waals surface area (Å²) in [6.07, 6.45) is 2.31. The smallest absolute Gasteiger partial charge is 0.255 e. The average molecular weight is 445 g/mol. The number of para-hydroxylation sites is 1. The van der Waals surface area contributed by atoms with E-state index in [1.807, 2.05) is 30.3 Å². The molecule has 1 saturated heterocycles. The topological polar surface area (TPSA) is 96.7 Å². The molecule has 4 N–H and O–H groups in total. The fraction of sp³-hybridized carbons (Fsp3) is 0.391. The Kier molecular flexibility index (Phi) is 8.14. The van der Waals surface area contributed by atoms with E-state index in [9.17, 15) is 9.59 Å². The Bertz CT molecular complexity index is 907. The number of methoxy groups -OCH3 is 1. The van der Waals surface area contributed by atoms with Crippen LogP contribution in [0.15, 0.2) is 42.5 Å². The van der Waals surface area contributed by atoms with E-state index < -0.39 is 0 Å². The molecule has 0 bridgehead atoms. The molecule has 0 radical (unpaired) electrons. The number of benzene rings is 2. The number of carbonyl (C=O) groups excluding carboxylic acids is 2. The van der Waals surface area contributed by atoms with Gasteiger partial charge in [-0.05, 0) is 50.0 Å². The van der Waals surface area contributed by atoms with Crippen molar-refractivity contribution in [2.75, 3.05) is 44.3 Å². The zero-order valence-corrected chi connectivity index (χ0v) is 18.5. The number of rotatable bonds is 9. The van der Waals surface area contributed by atoms with Crippen molar-refractivity contribution in [3.05, 3.63) is 53.1 Å². The van der Waals surface area contributed by atoms with Gasteiger partial charge < -0.3 is 26.0 Å². The van der Waals surface area contributed by atoms with E-state index >= 15 is 0 Å². The van der Waals surface area contributed by atoms with Gasteiger partial charge in [0.25, 0.3) is 5.91 Å². The number of likely N-dealkylation sites (tertiary alicyclic amines) is 1. The maximum atomic E-state index is 12.6. The first-order valence-electron chi connectivity index (χ1n) is 10.4. The molecule has 166 valence electrons. The van der Waals surface area contributed by atoms with Crippen molar-refractivity contribution in [3.8, 4) is 5.75 Å². The molecule has 1 fully saturated rings. The van der Waals surface area contributed by atoms with Crippen molar-refractivity contribution < 1.29 is 14.3 Å². The van der Waals surface area contributed by atoms with E-state index in [0.717, 1.165) is 38.2 Å². The highest BCUT2D eigenvalue weighted by molar-refractivity contribution is 6.33. The molecular weight excluding hydrogens is 416 g/mol. The van der Waals surface area contributed by atoms with E-state index in [4.69, 9.17) is 22.1 Å². The Hall–Kier alpha value is -2.77. The third-order valence-corrected chi connectivity index (χ3v) is 5.75. The second-order valence-electron chi connectivity index (χ2n) is 7.76. The summed E-state index contributed by atoms with van der Waals surface area (Å²) in [5.74, 6) is 0.582. The van der Waals surface area contributed by atoms with Crippen LogP contribution < -0.4 is 21.1 Å². The van der Waals surface area contributed by atoms with Gasteiger partial charge in [0.1, 0.15) is 5.75 Å². The van der Waals surface area contributed by atoms with Crippen molar-refractivity contribution >= 4 is 34.8 Å². The van der Waals surface area contributed by atoms with Gasteiger partial charge in [-0.2, -0.15) is 0 Å². The van der Waals surface area contributed by atoms with Crippen LogP contribution >= 0.6 is 11.6 Å². The van der Waals surface area contributed by atoms with Crippen LogP contribution in [0.1, 0.15) is 29.6 Å². The molecule has 1 unspecified atom stereocenters. The summed E-state index contributed by atoms with van der Waals surface area (Å²) in [4.78, 5) is 27.0. The maximum absolute atomic E-state index is 12.6. The van der Waals surface area contributed by atoms with Crippen LogP contribution in [-0.4, -0.2) is 50.0 Å². The number of amides is 2. The Labute approximate surface area is 187 Å². The Morgan fingerprint density at radius 1 is 1.26 bits per heavy atom. The lowest BCUT2D eigenvalue weighted by molar-refractivity contribution is -0.116. The van der Waals surface area contributed by atoms with Crippen molar-refractivity contribution in [3.63, 3.8) is 0 Å². The minimum Gasteiger partial charge on any atom is -0.496 e. The predicted molar refractivity (Wildman–Crippen MR) is 124 cm³/mol. The monoisotopic (exact) mass is 444 g/mol. The van der Waals surface area contributed by atoms with Gasteiger partial charge in [0, 0.05) is 31.3 Å². The predicted octanol–water partition coefficient (Wildman–Crippen LogP) is 3.40. The van der Waals surface area contributed by atoms with Gasteiger partial charge in [-0.3, -0.25) is 9.59 Å². The largest absolute Gasteiger partial charge is 0.496 e. The van der Waals surface area contributed by atoms with Gasteiger partial charge in [-0.25, -0.2) is 0 Å². The number of nitrogen functional groups attached to an aromatic ring is 1. The second kappa shape index (κ2) is 11.0. The first kappa shape index (κ1) is 22.9. The lowest BCUT2D eigenvalue weighted by atomic mass is 10.1. The zero-order valence-electron chi connectivity index (χ0n) is 17.7. The third kappa shape index (κ3) is 6.60. The lowest BCUT2D eigenvalue weighted by Crippen LogP contribution is -2.31. The van der Waals surface area contributed by atoms with Crippen LogP contribution in [0.4, 0.5) is 11.4 Å².